The summed E-state index contributed by atoms with van der Waals surface area (Å²) in [5, 5.41) is 7.91. The van der Waals surface area contributed by atoms with Crippen LogP contribution < -0.4 is 10.1 Å². The fourth-order valence-corrected chi connectivity index (χ4v) is 3.89. The van der Waals surface area contributed by atoms with E-state index in [1.165, 1.54) is 0 Å². The Balaban J connectivity index is 1.81. The van der Waals surface area contributed by atoms with Crippen molar-refractivity contribution in [2.45, 2.75) is 26.8 Å². The number of benzene rings is 2. The Morgan fingerprint density at radius 3 is 2.66 bits per heavy atom. The summed E-state index contributed by atoms with van der Waals surface area (Å²) in [4.78, 5) is 19.4. The summed E-state index contributed by atoms with van der Waals surface area (Å²) in [7, 11) is 1.61. The van der Waals surface area contributed by atoms with Crippen LogP contribution in [0.1, 0.15) is 38.3 Å². The average Bonchev–Trinajstić information content (AvgIpc) is 3.26. The number of amides is 2. The van der Waals surface area contributed by atoms with Gasteiger partial charge in [-0.15, -0.1) is 0 Å². The zero-order valence-electron chi connectivity index (χ0n) is 18.4. The van der Waals surface area contributed by atoms with Crippen LogP contribution in [0.25, 0.3) is 17.0 Å². The Morgan fingerprint density at radius 1 is 1.22 bits per heavy atom. The van der Waals surface area contributed by atoms with Gasteiger partial charge in [0.2, 0.25) is 5.82 Å². The first-order valence-electron chi connectivity index (χ1n) is 10.4. The lowest BCUT2D eigenvalue weighted by atomic mass is 9.94. The van der Waals surface area contributed by atoms with E-state index < -0.39 is 6.04 Å². The number of rotatable bonds is 6. The van der Waals surface area contributed by atoms with Crippen LogP contribution in [0.4, 0.5) is 4.79 Å². The predicted molar refractivity (Wildman–Crippen MR) is 123 cm³/mol. The molecule has 0 bridgehead atoms. The van der Waals surface area contributed by atoms with Gasteiger partial charge < -0.3 is 14.6 Å². The van der Waals surface area contributed by atoms with Crippen molar-refractivity contribution >= 4 is 23.2 Å². The van der Waals surface area contributed by atoms with Crippen LogP contribution in [0.15, 0.2) is 58.8 Å². The largest absolute Gasteiger partial charge is 0.497 e. The van der Waals surface area contributed by atoms with Crippen molar-refractivity contribution in [2.24, 2.45) is 5.92 Å². The molecule has 0 saturated heterocycles. The van der Waals surface area contributed by atoms with Crippen LogP contribution in [0.2, 0.25) is 5.02 Å². The Hall–Kier alpha value is -3.32. The predicted octanol–water partition coefficient (Wildman–Crippen LogP) is 5.55. The van der Waals surface area contributed by atoms with Gasteiger partial charge >= 0.3 is 6.03 Å². The van der Waals surface area contributed by atoms with Crippen LogP contribution >= 0.6 is 11.6 Å². The molecule has 2 heterocycles. The number of hydrogen-bond acceptors (Lipinski definition) is 5. The molecule has 0 fully saturated rings. The second-order valence-corrected chi connectivity index (χ2v) is 8.53. The molecule has 1 unspecified atom stereocenters. The number of nitrogens with one attached hydrogen (secondary N) is 1. The molecule has 1 aromatic heterocycles. The zero-order valence-corrected chi connectivity index (χ0v) is 19.2. The number of methoxy groups -OCH3 is 1. The molecule has 0 spiro atoms. The Kier molecular flexibility index (Phi) is 6.19. The van der Waals surface area contributed by atoms with Crippen molar-refractivity contribution in [3.05, 3.63) is 70.7 Å². The highest BCUT2D eigenvalue weighted by Crippen LogP contribution is 2.38. The lowest BCUT2D eigenvalue weighted by Crippen LogP contribution is -2.47. The van der Waals surface area contributed by atoms with E-state index in [2.05, 4.69) is 29.3 Å². The van der Waals surface area contributed by atoms with E-state index in [-0.39, 0.29) is 11.9 Å². The Labute approximate surface area is 192 Å². The molecule has 32 heavy (non-hydrogen) atoms. The second-order valence-electron chi connectivity index (χ2n) is 8.09. The van der Waals surface area contributed by atoms with E-state index in [0.29, 0.717) is 29.0 Å². The number of allylic oxidation sites excluding steroid dienone is 1. The molecule has 4 rings (SSSR count). The number of ether oxygens (including phenoxy) is 1. The molecule has 7 nitrogen and oxygen atoms in total. The monoisotopic (exact) mass is 452 g/mol. The molecule has 1 N–H and O–H groups in total. The lowest BCUT2D eigenvalue weighted by Gasteiger charge is -2.36. The normalized spacial score (nSPS) is 16.5. The van der Waals surface area contributed by atoms with Gasteiger partial charge in [-0.3, -0.25) is 4.90 Å². The molecule has 166 valence electrons. The zero-order chi connectivity index (χ0) is 22.8. The first-order valence-corrected chi connectivity index (χ1v) is 10.8. The van der Waals surface area contributed by atoms with E-state index in [9.17, 15) is 4.79 Å². The SMILES string of the molecule is COc1cccc(C2NC(=O)N(CC(C)C)C(C)=C2c2nc(-c3ccc(Cl)cc3)no2)c1. The molecule has 0 radical (unpaired) electrons. The number of nitrogens with zero attached hydrogens (tertiary/aromatic N) is 3. The standard InChI is InChI=1S/C24H25ClN4O3/c1-14(2)13-29-15(3)20(21(26-24(29)30)17-6-5-7-19(12-17)31-4)23-27-22(28-32-23)16-8-10-18(25)11-9-16/h5-12,14,21H,13H2,1-4H3,(H,26,30). The Bertz CT molecular complexity index is 1150. The number of urea groups is 1. The second kappa shape index (κ2) is 9.04. The molecule has 1 atom stereocenters. The van der Waals surface area contributed by atoms with Crippen molar-refractivity contribution in [2.75, 3.05) is 13.7 Å². The summed E-state index contributed by atoms with van der Waals surface area (Å²) >= 11 is 6.00. The fraction of sp³-hybridized carbons (Fsp3) is 0.292. The number of hydrogen-bond donors (Lipinski definition) is 1. The van der Waals surface area contributed by atoms with Gasteiger partial charge in [0, 0.05) is 22.8 Å². The topological polar surface area (TPSA) is 80.5 Å². The van der Waals surface area contributed by atoms with E-state index in [0.717, 1.165) is 22.4 Å². The molecule has 3 aromatic rings. The van der Waals surface area contributed by atoms with Gasteiger partial charge in [0.15, 0.2) is 0 Å². The minimum Gasteiger partial charge on any atom is -0.497 e. The van der Waals surface area contributed by atoms with Gasteiger partial charge in [0.05, 0.1) is 18.7 Å². The number of aromatic nitrogens is 2. The van der Waals surface area contributed by atoms with Gasteiger partial charge in [-0.1, -0.05) is 42.7 Å². The minimum absolute atomic E-state index is 0.162. The van der Waals surface area contributed by atoms with Gasteiger partial charge in [-0.2, -0.15) is 4.98 Å². The van der Waals surface area contributed by atoms with Gasteiger partial charge in [-0.25, -0.2) is 4.79 Å². The van der Waals surface area contributed by atoms with Crippen LogP contribution in [0, 0.1) is 5.92 Å². The van der Waals surface area contributed by atoms with Crippen LogP contribution in [-0.2, 0) is 0 Å². The summed E-state index contributed by atoms with van der Waals surface area (Å²) in [5.41, 5.74) is 3.19. The highest BCUT2D eigenvalue weighted by atomic mass is 35.5. The maximum absolute atomic E-state index is 13.0. The molecule has 1 aliphatic heterocycles. The lowest BCUT2D eigenvalue weighted by molar-refractivity contribution is 0.199. The highest BCUT2D eigenvalue weighted by Gasteiger charge is 2.36. The van der Waals surface area contributed by atoms with Crippen molar-refractivity contribution in [3.63, 3.8) is 0 Å². The summed E-state index contributed by atoms with van der Waals surface area (Å²) < 4.78 is 11.1. The molecule has 0 aliphatic carbocycles. The molecular formula is C24H25ClN4O3. The fourth-order valence-electron chi connectivity index (χ4n) is 3.76. The highest BCUT2D eigenvalue weighted by molar-refractivity contribution is 6.30. The van der Waals surface area contributed by atoms with E-state index in [4.69, 9.17) is 20.9 Å². The van der Waals surface area contributed by atoms with Gasteiger partial charge in [0.1, 0.15) is 5.75 Å². The molecule has 2 aromatic carbocycles. The third-order valence-corrected chi connectivity index (χ3v) is 5.58. The summed E-state index contributed by atoms with van der Waals surface area (Å²) in [6.07, 6.45) is 0. The number of carbonyl (C=O) groups is 1. The van der Waals surface area contributed by atoms with Crippen molar-refractivity contribution in [1.29, 1.82) is 0 Å². The summed E-state index contributed by atoms with van der Waals surface area (Å²) in [6, 6.07) is 14.2. The number of carbonyl (C=O) groups excluding carboxylic acids is 1. The Morgan fingerprint density at radius 2 is 1.97 bits per heavy atom. The minimum atomic E-state index is -0.459. The maximum atomic E-state index is 13.0. The van der Waals surface area contributed by atoms with Crippen LogP contribution in [0.3, 0.4) is 0 Å². The van der Waals surface area contributed by atoms with E-state index >= 15 is 0 Å². The first-order chi connectivity index (χ1) is 15.4. The summed E-state index contributed by atoms with van der Waals surface area (Å²) in [5.74, 6) is 1.80. The maximum Gasteiger partial charge on any atom is 0.322 e. The van der Waals surface area contributed by atoms with Crippen molar-refractivity contribution < 1.29 is 14.1 Å². The molecular weight excluding hydrogens is 428 g/mol. The van der Waals surface area contributed by atoms with Gasteiger partial charge in [-0.05, 0) is 54.8 Å². The van der Waals surface area contributed by atoms with E-state index in [1.807, 2.05) is 43.3 Å². The molecule has 1 aliphatic rings. The average molecular weight is 453 g/mol. The number of halogens is 1. The smallest absolute Gasteiger partial charge is 0.322 e. The van der Waals surface area contributed by atoms with Crippen molar-refractivity contribution in [3.8, 4) is 17.1 Å². The summed E-state index contributed by atoms with van der Waals surface area (Å²) in [6.45, 7) is 6.62. The molecule has 0 saturated carbocycles. The van der Waals surface area contributed by atoms with Crippen LogP contribution in [-0.4, -0.2) is 34.7 Å². The molecule has 8 heteroatoms. The third-order valence-electron chi connectivity index (χ3n) is 5.33. The van der Waals surface area contributed by atoms with Gasteiger partial charge in [0.25, 0.3) is 5.89 Å². The first kappa shape index (κ1) is 21.9. The molecule has 2 amide bonds. The van der Waals surface area contributed by atoms with Crippen LogP contribution in [0.5, 0.6) is 5.75 Å². The quantitative estimate of drug-likeness (QED) is 0.530. The third kappa shape index (κ3) is 4.34. The van der Waals surface area contributed by atoms with E-state index in [1.54, 1.807) is 24.1 Å². The van der Waals surface area contributed by atoms with Crippen molar-refractivity contribution in [1.82, 2.24) is 20.4 Å².